The summed E-state index contributed by atoms with van der Waals surface area (Å²) in [6.45, 7) is 5.32. The second-order valence-corrected chi connectivity index (χ2v) is 11.0. The van der Waals surface area contributed by atoms with Crippen molar-refractivity contribution < 1.29 is 16.8 Å². The Morgan fingerprint density at radius 3 is 2.23 bits per heavy atom. The highest BCUT2D eigenvalue weighted by atomic mass is 32.2. The van der Waals surface area contributed by atoms with E-state index in [2.05, 4.69) is 9.71 Å². The molecule has 1 heterocycles. The predicted molar refractivity (Wildman–Crippen MR) is 121 cm³/mol. The number of hydrogen-bond acceptors (Lipinski definition) is 5. The summed E-state index contributed by atoms with van der Waals surface area (Å²) in [5, 5.41) is 0. The summed E-state index contributed by atoms with van der Waals surface area (Å²) in [4.78, 5) is 4.15. The fraction of sp³-hybridized carbons (Fsp3) is 0.227. The van der Waals surface area contributed by atoms with Crippen LogP contribution in [0.15, 0.2) is 70.7 Å². The first-order chi connectivity index (χ1) is 14.5. The van der Waals surface area contributed by atoms with Gasteiger partial charge in [-0.15, -0.1) is 0 Å². The van der Waals surface area contributed by atoms with Crippen molar-refractivity contribution >= 4 is 25.7 Å². The van der Waals surface area contributed by atoms with Crippen molar-refractivity contribution in [3.8, 4) is 0 Å². The SMILES string of the molecule is Cc1ccc(S(=O)(=O)N(C)c2c(C)ccc(S(=O)(=O)NCc3cccnc3)c2C)cc1. The minimum absolute atomic E-state index is 0.0305. The molecule has 0 fully saturated rings. The van der Waals surface area contributed by atoms with E-state index in [-0.39, 0.29) is 16.3 Å². The average Bonchev–Trinajstić information content (AvgIpc) is 2.73. The Kier molecular flexibility index (Phi) is 6.49. The molecule has 0 aliphatic rings. The molecular weight excluding hydrogens is 434 g/mol. The molecule has 164 valence electrons. The monoisotopic (exact) mass is 459 g/mol. The van der Waals surface area contributed by atoms with E-state index in [1.807, 2.05) is 6.92 Å². The molecule has 3 rings (SSSR count). The summed E-state index contributed by atoms with van der Waals surface area (Å²) in [5.41, 5.74) is 3.01. The first-order valence-electron chi connectivity index (χ1n) is 9.58. The van der Waals surface area contributed by atoms with Crippen LogP contribution in [0.2, 0.25) is 0 Å². The van der Waals surface area contributed by atoms with Gasteiger partial charge in [0.1, 0.15) is 0 Å². The molecule has 31 heavy (non-hydrogen) atoms. The third-order valence-electron chi connectivity index (χ3n) is 5.06. The van der Waals surface area contributed by atoms with Gasteiger partial charge < -0.3 is 0 Å². The highest BCUT2D eigenvalue weighted by Gasteiger charge is 2.27. The van der Waals surface area contributed by atoms with E-state index in [4.69, 9.17) is 0 Å². The smallest absolute Gasteiger partial charge is 0.264 e. The second-order valence-electron chi connectivity index (χ2n) is 7.33. The molecule has 0 radical (unpaired) electrons. The number of pyridine rings is 1. The zero-order chi connectivity index (χ0) is 22.8. The molecule has 1 aromatic heterocycles. The van der Waals surface area contributed by atoms with Gasteiger partial charge in [-0.05, 0) is 61.7 Å². The van der Waals surface area contributed by atoms with Crippen LogP contribution < -0.4 is 9.03 Å². The number of aryl methyl sites for hydroxylation is 2. The fourth-order valence-corrected chi connectivity index (χ4v) is 5.92. The van der Waals surface area contributed by atoms with Gasteiger partial charge in [-0.25, -0.2) is 21.6 Å². The molecule has 0 bridgehead atoms. The lowest BCUT2D eigenvalue weighted by molar-refractivity contribution is 0.580. The quantitative estimate of drug-likeness (QED) is 0.585. The maximum atomic E-state index is 13.2. The summed E-state index contributed by atoms with van der Waals surface area (Å²) in [7, 11) is -6.30. The van der Waals surface area contributed by atoms with E-state index in [9.17, 15) is 16.8 Å². The van der Waals surface area contributed by atoms with E-state index < -0.39 is 20.0 Å². The average molecular weight is 460 g/mol. The predicted octanol–water partition coefficient (Wildman–Crippen LogP) is 3.31. The largest absolute Gasteiger partial charge is 0.269 e. The van der Waals surface area contributed by atoms with Gasteiger partial charge in [0.15, 0.2) is 0 Å². The van der Waals surface area contributed by atoms with Crippen LogP contribution in [0.3, 0.4) is 0 Å². The first kappa shape index (κ1) is 22.9. The number of aromatic nitrogens is 1. The molecule has 0 saturated heterocycles. The first-order valence-corrected chi connectivity index (χ1v) is 12.5. The van der Waals surface area contributed by atoms with Crippen LogP contribution in [-0.2, 0) is 26.6 Å². The lowest BCUT2D eigenvalue weighted by Gasteiger charge is -2.25. The van der Waals surface area contributed by atoms with E-state index in [0.717, 1.165) is 15.4 Å². The number of nitrogens with zero attached hydrogens (tertiary/aromatic N) is 2. The van der Waals surface area contributed by atoms with Crippen LogP contribution in [0.25, 0.3) is 0 Å². The van der Waals surface area contributed by atoms with Crippen molar-refractivity contribution in [2.45, 2.75) is 37.1 Å². The molecule has 3 aromatic rings. The van der Waals surface area contributed by atoms with Gasteiger partial charge in [0.25, 0.3) is 10.0 Å². The van der Waals surface area contributed by atoms with Crippen molar-refractivity contribution in [3.63, 3.8) is 0 Å². The Bertz CT molecular complexity index is 1290. The van der Waals surface area contributed by atoms with Gasteiger partial charge >= 0.3 is 0 Å². The summed E-state index contributed by atoms with van der Waals surface area (Å²) >= 11 is 0. The van der Waals surface area contributed by atoms with Crippen LogP contribution in [0.5, 0.6) is 0 Å². The molecule has 7 nitrogen and oxygen atoms in total. The van der Waals surface area contributed by atoms with Crippen LogP contribution in [-0.4, -0.2) is 28.9 Å². The number of benzene rings is 2. The highest BCUT2D eigenvalue weighted by Crippen LogP contribution is 2.33. The molecule has 0 amide bonds. The standard InChI is InChI=1S/C22H25N3O4S2/c1-16-7-10-20(11-8-16)31(28,29)25(4)22-17(2)9-12-21(18(22)3)30(26,27)24-15-19-6-5-13-23-14-19/h5-14,24H,15H2,1-4H3. The van der Waals surface area contributed by atoms with Crippen molar-refractivity contribution in [2.75, 3.05) is 11.4 Å². The molecule has 1 N–H and O–H groups in total. The van der Waals surface area contributed by atoms with Crippen LogP contribution in [0.1, 0.15) is 22.3 Å². The van der Waals surface area contributed by atoms with Crippen molar-refractivity contribution in [3.05, 3.63) is 83.2 Å². The summed E-state index contributed by atoms with van der Waals surface area (Å²) in [5.74, 6) is 0. The lowest BCUT2D eigenvalue weighted by Crippen LogP contribution is -2.29. The van der Waals surface area contributed by atoms with Crippen LogP contribution in [0.4, 0.5) is 5.69 Å². The molecule has 0 aliphatic heterocycles. The molecule has 9 heteroatoms. The minimum Gasteiger partial charge on any atom is -0.269 e. The zero-order valence-corrected chi connectivity index (χ0v) is 19.5. The number of nitrogens with one attached hydrogen (secondary N) is 1. The highest BCUT2D eigenvalue weighted by molar-refractivity contribution is 7.92. The molecular formula is C22H25N3O4S2. The minimum atomic E-state index is -3.88. The van der Waals surface area contributed by atoms with E-state index in [1.165, 1.54) is 13.1 Å². The maximum Gasteiger partial charge on any atom is 0.264 e. The van der Waals surface area contributed by atoms with Crippen LogP contribution >= 0.6 is 0 Å². The topological polar surface area (TPSA) is 96.4 Å². The molecule has 0 aliphatic carbocycles. The summed E-state index contributed by atoms with van der Waals surface area (Å²) < 4.78 is 56.0. The van der Waals surface area contributed by atoms with E-state index in [0.29, 0.717) is 16.8 Å². The Hall–Kier alpha value is -2.75. The lowest BCUT2D eigenvalue weighted by atomic mass is 10.1. The Labute approximate surface area is 183 Å². The summed E-state index contributed by atoms with van der Waals surface area (Å²) in [6, 6.07) is 13.1. The molecule has 0 unspecified atom stereocenters. The van der Waals surface area contributed by atoms with Gasteiger partial charge in [0, 0.05) is 26.0 Å². The van der Waals surface area contributed by atoms with E-state index in [1.54, 1.807) is 68.7 Å². The Morgan fingerprint density at radius 2 is 1.61 bits per heavy atom. The number of hydrogen-bond donors (Lipinski definition) is 1. The second kappa shape index (κ2) is 8.78. The third-order valence-corrected chi connectivity index (χ3v) is 8.37. The van der Waals surface area contributed by atoms with Crippen molar-refractivity contribution in [1.82, 2.24) is 9.71 Å². The molecule has 0 spiro atoms. The molecule has 2 aromatic carbocycles. The number of rotatable bonds is 7. The number of anilines is 1. The molecule has 0 saturated carbocycles. The summed E-state index contributed by atoms with van der Waals surface area (Å²) in [6.07, 6.45) is 3.19. The van der Waals surface area contributed by atoms with Gasteiger partial charge in [-0.2, -0.15) is 0 Å². The fourth-order valence-electron chi connectivity index (χ4n) is 3.34. The Morgan fingerprint density at radius 1 is 0.935 bits per heavy atom. The van der Waals surface area contributed by atoms with Gasteiger partial charge in [0.05, 0.1) is 15.5 Å². The molecule has 0 atom stereocenters. The van der Waals surface area contributed by atoms with Gasteiger partial charge in [-0.3, -0.25) is 9.29 Å². The van der Waals surface area contributed by atoms with Gasteiger partial charge in [-0.1, -0.05) is 29.8 Å². The Balaban J connectivity index is 1.99. The van der Waals surface area contributed by atoms with Crippen LogP contribution in [0, 0.1) is 20.8 Å². The zero-order valence-electron chi connectivity index (χ0n) is 17.8. The third kappa shape index (κ3) is 4.79. The maximum absolute atomic E-state index is 13.2. The normalized spacial score (nSPS) is 12.0. The van der Waals surface area contributed by atoms with Crippen molar-refractivity contribution in [1.29, 1.82) is 0 Å². The van der Waals surface area contributed by atoms with Crippen molar-refractivity contribution in [2.24, 2.45) is 0 Å². The van der Waals surface area contributed by atoms with E-state index >= 15 is 0 Å². The van der Waals surface area contributed by atoms with Gasteiger partial charge in [0.2, 0.25) is 10.0 Å². The number of sulfonamides is 2.